The molecule has 1 aromatic carbocycles. The first-order valence-electron chi connectivity index (χ1n) is 3.62. The van der Waals surface area contributed by atoms with Crippen LogP contribution >= 0.6 is 0 Å². The smallest absolute Gasteiger partial charge is 0.415 e. The van der Waals surface area contributed by atoms with Crippen LogP contribution in [0.1, 0.15) is 11.8 Å². The van der Waals surface area contributed by atoms with E-state index in [2.05, 4.69) is 10.2 Å². The molecule has 1 unspecified atom stereocenters. The number of azo groups is 1. The fourth-order valence-corrected chi connectivity index (χ4v) is 1.00. The zero-order chi connectivity index (χ0) is 9.26. The van der Waals surface area contributed by atoms with Crippen molar-refractivity contribution in [3.05, 3.63) is 35.6 Å². The van der Waals surface area contributed by atoms with Gasteiger partial charge in [-0.05, 0) is 12.1 Å². The van der Waals surface area contributed by atoms with Crippen LogP contribution in [0.4, 0.5) is 9.18 Å². The van der Waals surface area contributed by atoms with Gasteiger partial charge in [0.15, 0.2) is 0 Å². The summed E-state index contributed by atoms with van der Waals surface area (Å²) in [5, 5.41) is 6.73. The Morgan fingerprint density at radius 2 is 2.00 bits per heavy atom. The molecule has 0 N–H and O–H groups in total. The number of nitrogens with zero attached hydrogens (tertiary/aromatic N) is 2. The van der Waals surface area contributed by atoms with Gasteiger partial charge in [0.1, 0.15) is 5.82 Å². The summed E-state index contributed by atoms with van der Waals surface area (Å²) in [4.78, 5) is 10.5. The highest BCUT2D eigenvalue weighted by Gasteiger charge is 2.21. The molecule has 0 saturated heterocycles. The highest BCUT2D eigenvalue weighted by atomic mass is 19.1. The summed E-state index contributed by atoms with van der Waals surface area (Å²) in [6.45, 7) is 0. The summed E-state index contributed by atoms with van der Waals surface area (Å²) >= 11 is 0. The van der Waals surface area contributed by atoms with Crippen LogP contribution in [0, 0.1) is 5.82 Å². The summed E-state index contributed by atoms with van der Waals surface area (Å²) in [6.07, 6.45) is -1.43. The molecule has 1 heterocycles. The van der Waals surface area contributed by atoms with E-state index in [1.54, 1.807) is 0 Å². The molecule has 1 atom stereocenters. The molecule has 0 aromatic heterocycles. The van der Waals surface area contributed by atoms with Gasteiger partial charge < -0.3 is 4.74 Å². The summed E-state index contributed by atoms with van der Waals surface area (Å²) in [7, 11) is 0. The first-order chi connectivity index (χ1) is 6.25. The maximum absolute atomic E-state index is 12.5. The molecule has 66 valence electrons. The Morgan fingerprint density at radius 3 is 2.54 bits per heavy atom. The van der Waals surface area contributed by atoms with Gasteiger partial charge in [0.05, 0.1) is 0 Å². The van der Waals surface area contributed by atoms with Crippen molar-refractivity contribution in [3.63, 3.8) is 0 Å². The lowest BCUT2D eigenvalue weighted by atomic mass is 10.2. The van der Waals surface area contributed by atoms with E-state index in [4.69, 9.17) is 4.74 Å². The largest absolute Gasteiger partial charge is 0.454 e. The van der Waals surface area contributed by atoms with Crippen molar-refractivity contribution < 1.29 is 13.9 Å². The second-order valence-corrected chi connectivity index (χ2v) is 2.50. The van der Waals surface area contributed by atoms with Crippen molar-refractivity contribution in [1.82, 2.24) is 0 Å². The molecule has 0 fully saturated rings. The minimum Gasteiger partial charge on any atom is -0.415 e. The second-order valence-electron chi connectivity index (χ2n) is 2.50. The monoisotopic (exact) mass is 180 g/mol. The third-order valence-electron chi connectivity index (χ3n) is 1.61. The minimum absolute atomic E-state index is 0.343. The number of halogens is 1. The lowest BCUT2D eigenvalue weighted by molar-refractivity contribution is 0.133. The highest BCUT2D eigenvalue weighted by molar-refractivity contribution is 5.69. The van der Waals surface area contributed by atoms with Crippen LogP contribution in [0.15, 0.2) is 34.5 Å². The van der Waals surface area contributed by atoms with Crippen molar-refractivity contribution in [3.8, 4) is 0 Å². The first kappa shape index (κ1) is 7.85. The van der Waals surface area contributed by atoms with E-state index in [1.165, 1.54) is 24.3 Å². The van der Waals surface area contributed by atoms with Crippen LogP contribution < -0.4 is 0 Å². The predicted molar refractivity (Wildman–Crippen MR) is 40.5 cm³/mol. The molecule has 1 amide bonds. The lowest BCUT2D eigenvalue weighted by Gasteiger charge is -2.03. The number of amides is 1. The van der Waals surface area contributed by atoms with E-state index >= 15 is 0 Å². The number of carbonyl (C=O) groups is 1. The van der Waals surface area contributed by atoms with Crippen LogP contribution in [0.5, 0.6) is 0 Å². The van der Waals surface area contributed by atoms with Gasteiger partial charge in [0.2, 0.25) is 6.23 Å². The van der Waals surface area contributed by atoms with E-state index < -0.39 is 12.3 Å². The average Bonchev–Trinajstić information content (AvgIpc) is 2.53. The Morgan fingerprint density at radius 1 is 1.31 bits per heavy atom. The Kier molecular flexibility index (Phi) is 1.77. The van der Waals surface area contributed by atoms with Crippen LogP contribution in [0.2, 0.25) is 0 Å². The molecule has 1 aliphatic rings. The Hall–Kier alpha value is -1.78. The summed E-state index contributed by atoms with van der Waals surface area (Å²) in [5.74, 6) is -0.343. The van der Waals surface area contributed by atoms with Gasteiger partial charge >= 0.3 is 6.09 Å². The van der Waals surface area contributed by atoms with Gasteiger partial charge in [-0.25, -0.2) is 9.18 Å². The minimum atomic E-state index is -0.715. The summed E-state index contributed by atoms with van der Waals surface area (Å²) < 4.78 is 17.2. The topological polar surface area (TPSA) is 51.0 Å². The molecule has 13 heavy (non-hydrogen) atoms. The van der Waals surface area contributed by atoms with Gasteiger partial charge in [0, 0.05) is 5.56 Å². The standard InChI is InChI=1S/C8H5FN2O2/c9-6-3-1-5(2-4-6)7-10-11-8(12)13-7/h1-4,7H. The van der Waals surface area contributed by atoms with Crippen molar-refractivity contribution in [2.45, 2.75) is 6.23 Å². The molecule has 0 saturated carbocycles. The van der Waals surface area contributed by atoms with E-state index in [0.717, 1.165) is 0 Å². The lowest BCUT2D eigenvalue weighted by Crippen LogP contribution is -1.98. The maximum atomic E-state index is 12.5. The third kappa shape index (κ3) is 1.53. The number of carbonyl (C=O) groups excluding carboxylic acids is 1. The van der Waals surface area contributed by atoms with Crippen LogP contribution in [0.3, 0.4) is 0 Å². The van der Waals surface area contributed by atoms with Crippen LogP contribution in [0.25, 0.3) is 0 Å². The van der Waals surface area contributed by atoms with Gasteiger partial charge in [0.25, 0.3) is 0 Å². The molecule has 1 aliphatic heterocycles. The zero-order valence-electron chi connectivity index (χ0n) is 6.48. The molecule has 0 aliphatic carbocycles. The maximum Gasteiger partial charge on any atom is 0.454 e. The predicted octanol–water partition coefficient (Wildman–Crippen LogP) is 2.43. The van der Waals surface area contributed by atoms with Crippen LogP contribution in [-0.2, 0) is 4.74 Å². The third-order valence-corrected chi connectivity index (χ3v) is 1.61. The average molecular weight is 180 g/mol. The van der Waals surface area contributed by atoms with Gasteiger partial charge in [-0.2, -0.15) is 0 Å². The van der Waals surface area contributed by atoms with E-state index in [0.29, 0.717) is 5.56 Å². The normalized spacial score (nSPS) is 20.4. The number of ether oxygens (including phenoxy) is 1. The molecule has 5 heteroatoms. The Bertz CT molecular complexity index is 361. The molecule has 2 rings (SSSR count). The Balaban J connectivity index is 2.22. The Labute approximate surface area is 73.0 Å². The van der Waals surface area contributed by atoms with E-state index in [1.807, 2.05) is 0 Å². The molecule has 0 spiro atoms. The molecule has 1 aromatic rings. The summed E-state index contributed by atoms with van der Waals surface area (Å²) in [5.41, 5.74) is 0.607. The number of hydrogen-bond donors (Lipinski definition) is 0. The fraction of sp³-hybridized carbons (Fsp3) is 0.125. The molecule has 0 bridgehead atoms. The van der Waals surface area contributed by atoms with Crippen molar-refractivity contribution in [1.29, 1.82) is 0 Å². The van der Waals surface area contributed by atoms with Crippen molar-refractivity contribution >= 4 is 6.09 Å². The number of rotatable bonds is 1. The number of hydrogen-bond acceptors (Lipinski definition) is 3. The first-order valence-corrected chi connectivity index (χ1v) is 3.62. The van der Waals surface area contributed by atoms with E-state index in [9.17, 15) is 9.18 Å². The van der Waals surface area contributed by atoms with Gasteiger partial charge in [-0.3, -0.25) is 0 Å². The zero-order valence-corrected chi connectivity index (χ0v) is 6.48. The molecule has 4 nitrogen and oxygen atoms in total. The molecular weight excluding hydrogens is 175 g/mol. The van der Waals surface area contributed by atoms with Gasteiger partial charge in [-0.1, -0.05) is 17.2 Å². The fourth-order valence-electron chi connectivity index (χ4n) is 1.00. The number of benzene rings is 1. The van der Waals surface area contributed by atoms with E-state index in [-0.39, 0.29) is 5.82 Å². The highest BCUT2D eigenvalue weighted by Crippen LogP contribution is 2.24. The number of cyclic esters (lactones) is 1. The molecular formula is C8H5FN2O2. The SMILES string of the molecule is O=C1N=NC(c2ccc(F)cc2)O1. The van der Waals surface area contributed by atoms with Crippen molar-refractivity contribution in [2.75, 3.05) is 0 Å². The second kappa shape index (κ2) is 2.93. The van der Waals surface area contributed by atoms with Crippen LogP contribution in [-0.4, -0.2) is 6.09 Å². The summed E-state index contributed by atoms with van der Waals surface area (Å²) in [6, 6.07) is 5.54. The molecule has 0 radical (unpaired) electrons. The quantitative estimate of drug-likeness (QED) is 0.666. The van der Waals surface area contributed by atoms with Gasteiger partial charge in [-0.15, -0.1) is 5.11 Å². The van der Waals surface area contributed by atoms with Crippen molar-refractivity contribution in [2.24, 2.45) is 10.2 Å².